The Hall–Kier alpha value is -0.620. The number of amides is 1. The Morgan fingerprint density at radius 1 is 1.25 bits per heavy atom. The van der Waals surface area contributed by atoms with Gasteiger partial charge in [-0.25, -0.2) is 4.79 Å². The van der Waals surface area contributed by atoms with Crippen molar-refractivity contribution in [2.24, 2.45) is 0 Å². The average molecular weight is 311 g/mol. The minimum absolute atomic E-state index is 0.0521. The normalized spacial score (nSPS) is 13.9. The second kappa shape index (κ2) is 8.62. The maximum atomic E-state index is 12.6. The van der Waals surface area contributed by atoms with Crippen molar-refractivity contribution in [2.75, 3.05) is 19.8 Å². The van der Waals surface area contributed by atoms with Gasteiger partial charge in [0, 0.05) is 13.0 Å². The molecule has 7 nitrogen and oxygen atoms in total. The van der Waals surface area contributed by atoms with Gasteiger partial charge >= 0.3 is 13.7 Å². The smallest absolute Gasteiger partial charge is 0.408 e. The van der Waals surface area contributed by atoms with E-state index in [1.807, 2.05) is 0 Å². The summed E-state index contributed by atoms with van der Waals surface area (Å²) in [5.41, 5.74) is -0.672. The van der Waals surface area contributed by atoms with Gasteiger partial charge in [0.25, 0.3) is 0 Å². The maximum Gasteiger partial charge on any atom is 0.408 e. The van der Waals surface area contributed by atoms with Crippen LogP contribution in [0.2, 0.25) is 0 Å². The van der Waals surface area contributed by atoms with Crippen LogP contribution in [0.4, 0.5) is 4.79 Å². The molecular formula is C12H26NO6P. The Bertz CT molecular complexity index is 331. The van der Waals surface area contributed by atoms with Crippen LogP contribution in [0.25, 0.3) is 0 Å². The summed E-state index contributed by atoms with van der Waals surface area (Å²) >= 11 is 0. The lowest BCUT2D eigenvalue weighted by molar-refractivity contribution is 0.0503. The van der Waals surface area contributed by atoms with Crippen LogP contribution in [-0.4, -0.2) is 42.4 Å². The van der Waals surface area contributed by atoms with E-state index < -0.39 is 25.1 Å². The molecule has 2 N–H and O–H groups in total. The summed E-state index contributed by atoms with van der Waals surface area (Å²) in [6.45, 7) is 8.61. The summed E-state index contributed by atoms with van der Waals surface area (Å²) in [6, 6.07) is 0. The van der Waals surface area contributed by atoms with Crippen LogP contribution in [0.3, 0.4) is 0 Å². The van der Waals surface area contributed by atoms with Crippen molar-refractivity contribution in [3.63, 3.8) is 0 Å². The summed E-state index contributed by atoms with van der Waals surface area (Å²) in [5, 5.41) is 11.5. The van der Waals surface area contributed by atoms with Crippen molar-refractivity contribution < 1.29 is 28.3 Å². The van der Waals surface area contributed by atoms with Crippen molar-refractivity contribution in [1.29, 1.82) is 0 Å². The molecule has 0 fully saturated rings. The molecule has 0 aliphatic carbocycles. The number of alkyl carbamates (subject to hydrolysis) is 1. The Morgan fingerprint density at radius 2 is 1.75 bits per heavy atom. The van der Waals surface area contributed by atoms with Crippen LogP contribution in [-0.2, 0) is 18.3 Å². The zero-order chi connectivity index (χ0) is 15.8. The molecule has 0 heterocycles. The molecule has 1 atom stereocenters. The summed E-state index contributed by atoms with van der Waals surface area (Å²) in [6.07, 6.45) is -0.674. The zero-order valence-electron chi connectivity index (χ0n) is 12.8. The van der Waals surface area contributed by atoms with Gasteiger partial charge in [0.2, 0.25) is 0 Å². The topological polar surface area (TPSA) is 94.1 Å². The van der Waals surface area contributed by atoms with Gasteiger partial charge in [-0.15, -0.1) is 0 Å². The predicted molar refractivity (Wildman–Crippen MR) is 75.7 cm³/mol. The molecule has 0 radical (unpaired) electrons. The highest BCUT2D eigenvalue weighted by molar-refractivity contribution is 7.54. The van der Waals surface area contributed by atoms with Crippen molar-refractivity contribution in [3.8, 4) is 0 Å². The first-order chi connectivity index (χ1) is 9.18. The minimum atomic E-state index is -3.54. The fraction of sp³-hybridized carbons (Fsp3) is 0.917. The first-order valence-electron chi connectivity index (χ1n) is 6.67. The van der Waals surface area contributed by atoms with Gasteiger partial charge in [0.15, 0.2) is 0 Å². The van der Waals surface area contributed by atoms with Gasteiger partial charge in [0.1, 0.15) is 11.4 Å². The molecule has 0 rings (SSSR count). The number of hydrogen-bond donors (Lipinski definition) is 2. The average Bonchev–Trinajstić information content (AvgIpc) is 2.26. The Labute approximate surface area is 120 Å². The SMILES string of the molecule is CCOP(=O)(OCC)[C@@H](CCO)NC(=O)OC(C)(C)C. The van der Waals surface area contributed by atoms with E-state index in [0.29, 0.717) is 0 Å². The number of rotatable bonds is 8. The van der Waals surface area contributed by atoms with Gasteiger partial charge in [-0.2, -0.15) is 0 Å². The van der Waals surface area contributed by atoms with Crippen molar-refractivity contribution in [1.82, 2.24) is 5.32 Å². The highest BCUT2D eigenvalue weighted by Gasteiger charge is 2.37. The first kappa shape index (κ1) is 19.4. The van der Waals surface area contributed by atoms with Gasteiger partial charge in [-0.1, -0.05) is 0 Å². The van der Waals surface area contributed by atoms with E-state index in [1.54, 1.807) is 34.6 Å². The molecule has 0 saturated heterocycles. The highest BCUT2D eigenvalue weighted by atomic mass is 31.2. The molecule has 0 bridgehead atoms. The Kier molecular flexibility index (Phi) is 8.35. The fourth-order valence-corrected chi connectivity index (χ4v) is 3.30. The summed E-state index contributed by atoms with van der Waals surface area (Å²) in [7, 11) is -3.54. The molecule has 120 valence electrons. The second-order valence-corrected chi connectivity index (χ2v) is 7.27. The zero-order valence-corrected chi connectivity index (χ0v) is 13.7. The lowest BCUT2D eigenvalue weighted by Gasteiger charge is -2.28. The monoisotopic (exact) mass is 311 g/mol. The first-order valence-corrected chi connectivity index (χ1v) is 8.28. The molecule has 0 unspecified atom stereocenters. The van der Waals surface area contributed by atoms with Crippen LogP contribution in [0.1, 0.15) is 41.0 Å². The quantitative estimate of drug-likeness (QED) is 0.669. The second-order valence-electron chi connectivity index (χ2n) is 5.05. The van der Waals surface area contributed by atoms with Crippen LogP contribution >= 0.6 is 7.60 Å². The Balaban J connectivity index is 4.92. The van der Waals surface area contributed by atoms with Crippen molar-refractivity contribution >= 4 is 13.7 Å². The van der Waals surface area contributed by atoms with Crippen LogP contribution in [0, 0.1) is 0 Å². The van der Waals surface area contributed by atoms with E-state index in [1.165, 1.54) is 0 Å². The van der Waals surface area contributed by atoms with E-state index >= 15 is 0 Å². The third-order valence-electron chi connectivity index (χ3n) is 2.09. The summed E-state index contributed by atoms with van der Waals surface area (Å²) in [5.74, 6) is -0.942. The van der Waals surface area contributed by atoms with E-state index in [2.05, 4.69) is 5.32 Å². The summed E-state index contributed by atoms with van der Waals surface area (Å²) < 4.78 is 28.0. The van der Waals surface area contributed by atoms with Crippen LogP contribution < -0.4 is 5.32 Å². The van der Waals surface area contributed by atoms with Gasteiger partial charge in [-0.05, 0) is 34.6 Å². The van der Waals surface area contributed by atoms with Gasteiger partial charge in [0.05, 0.1) is 13.2 Å². The van der Waals surface area contributed by atoms with Gasteiger partial charge < -0.3 is 24.2 Å². The van der Waals surface area contributed by atoms with Gasteiger partial charge in [-0.3, -0.25) is 4.57 Å². The molecule has 0 aromatic heterocycles. The van der Waals surface area contributed by atoms with Crippen LogP contribution in [0.5, 0.6) is 0 Å². The fourth-order valence-electron chi connectivity index (χ4n) is 1.45. The molecule has 0 aliphatic heterocycles. The lowest BCUT2D eigenvalue weighted by atomic mass is 10.2. The summed E-state index contributed by atoms with van der Waals surface area (Å²) in [4.78, 5) is 11.8. The standard InChI is InChI=1S/C12H26NO6P/c1-6-17-20(16,18-7-2)10(8-9-14)13-11(15)19-12(3,4)5/h10,14H,6-9H2,1-5H3,(H,13,15)/t10-/m0/s1. The van der Waals surface area contributed by atoms with Crippen molar-refractivity contribution in [3.05, 3.63) is 0 Å². The maximum absolute atomic E-state index is 12.6. The number of ether oxygens (including phenoxy) is 1. The number of carbonyl (C=O) groups is 1. The molecule has 0 spiro atoms. The van der Waals surface area contributed by atoms with E-state index in [-0.39, 0.29) is 26.2 Å². The Morgan fingerprint density at radius 3 is 2.10 bits per heavy atom. The molecule has 0 aliphatic rings. The lowest BCUT2D eigenvalue weighted by Crippen LogP contribution is -2.40. The number of aliphatic hydroxyl groups excluding tert-OH is 1. The largest absolute Gasteiger partial charge is 0.444 e. The third kappa shape index (κ3) is 7.24. The molecule has 1 amide bonds. The highest BCUT2D eigenvalue weighted by Crippen LogP contribution is 2.53. The predicted octanol–water partition coefficient (Wildman–Crippen LogP) is 2.49. The minimum Gasteiger partial charge on any atom is -0.444 e. The molecule has 0 aromatic rings. The van der Waals surface area contributed by atoms with Crippen molar-refractivity contribution in [2.45, 2.75) is 52.4 Å². The number of nitrogens with one attached hydrogen (secondary N) is 1. The molecule has 0 saturated carbocycles. The third-order valence-corrected chi connectivity index (χ3v) is 4.47. The molecular weight excluding hydrogens is 285 g/mol. The number of hydrogen-bond acceptors (Lipinski definition) is 6. The van der Waals surface area contributed by atoms with E-state index in [4.69, 9.17) is 18.9 Å². The molecule has 0 aromatic carbocycles. The van der Waals surface area contributed by atoms with Crippen LogP contribution in [0.15, 0.2) is 0 Å². The van der Waals surface area contributed by atoms with E-state index in [0.717, 1.165) is 0 Å². The number of carbonyl (C=O) groups excluding carboxylic acids is 1. The molecule has 8 heteroatoms. The molecule has 20 heavy (non-hydrogen) atoms. The number of aliphatic hydroxyl groups is 1. The van der Waals surface area contributed by atoms with E-state index in [9.17, 15) is 9.36 Å².